The molecule has 0 aliphatic rings. The maximum absolute atomic E-state index is 8.54. The fourth-order valence-electron chi connectivity index (χ4n) is 0.828. The lowest BCUT2D eigenvalue weighted by molar-refractivity contribution is 1.01. The van der Waals surface area contributed by atoms with Crippen LogP contribution >= 0.6 is 22.6 Å². The van der Waals surface area contributed by atoms with Crippen molar-refractivity contribution in [2.24, 2.45) is 0 Å². The number of hydrogen-bond acceptors (Lipinski definition) is 2. The van der Waals surface area contributed by atoms with E-state index in [4.69, 9.17) is 5.26 Å². The fourth-order valence-corrected chi connectivity index (χ4v) is 1.19. The largest absolute Gasteiger partial charge is 0.370 e. The van der Waals surface area contributed by atoms with Crippen LogP contribution in [0.4, 0.5) is 5.69 Å². The first-order chi connectivity index (χ1) is 5.72. The summed E-state index contributed by atoms with van der Waals surface area (Å²) in [5.74, 6) is 0. The summed E-state index contributed by atoms with van der Waals surface area (Å²) in [6.07, 6.45) is 0. The first-order valence-electron chi connectivity index (χ1n) is 3.64. The zero-order valence-corrected chi connectivity index (χ0v) is 8.87. The van der Waals surface area contributed by atoms with E-state index in [1.54, 1.807) is 0 Å². The van der Waals surface area contributed by atoms with Gasteiger partial charge in [-0.15, -0.1) is 0 Å². The minimum Gasteiger partial charge on any atom is -0.370 e. The van der Waals surface area contributed by atoms with Gasteiger partial charge in [-0.25, -0.2) is 0 Å². The quantitative estimate of drug-likeness (QED) is 0.840. The van der Waals surface area contributed by atoms with Gasteiger partial charge in [-0.1, -0.05) is 0 Å². The first kappa shape index (κ1) is 9.33. The number of anilines is 1. The van der Waals surface area contributed by atoms with E-state index in [-0.39, 0.29) is 6.04 Å². The molecule has 0 heterocycles. The zero-order chi connectivity index (χ0) is 8.97. The second-order valence-corrected chi connectivity index (χ2v) is 3.75. The summed E-state index contributed by atoms with van der Waals surface area (Å²) in [5, 5.41) is 11.6. The molecule has 1 aromatic carbocycles. The van der Waals surface area contributed by atoms with Crippen molar-refractivity contribution in [2.75, 3.05) is 5.32 Å². The Morgan fingerprint density at radius 1 is 1.42 bits per heavy atom. The lowest BCUT2D eigenvalue weighted by Crippen LogP contribution is -2.11. The van der Waals surface area contributed by atoms with E-state index in [0.717, 1.165) is 5.69 Å². The van der Waals surface area contributed by atoms with Crippen LogP contribution < -0.4 is 5.32 Å². The topological polar surface area (TPSA) is 35.8 Å². The second-order valence-electron chi connectivity index (χ2n) is 2.50. The Morgan fingerprint density at radius 2 is 2.00 bits per heavy atom. The van der Waals surface area contributed by atoms with Gasteiger partial charge >= 0.3 is 0 Å². The molecule has 1 rings (SSSR count). The lowest BCUT2D eigenvalue weighted by atomic mass is 10.3. The predicted molar refractivity (Wildman–Crippen MR) is 57.9 cm³/mol. The Hall–Kier alpha value is -0.760. The van der Waals surface area contributed by atoms with Crippen molar-refractivity contribution in [1.82, 2.24) is 0 Å². The molecule has 0 amide bonds. The van der Waals surface area contributed by atoms with Crippen molar-refractivity contribution in [3.8, 4) is 6.07 Å². The van der Waals surface area contributed by atoms with Gasteiger partial charge in [-0.05, 0) is 53.8 Å². The number of nitrogens with zero attached hydrogens (tertiary/aromatic N) is 1. The van der Waals surface area contributed by atoms with E-state index >= 15 is 0 Å². The van der Waals surface area contributed by atoms with E-state index in [0.29, 0.717) is 0 Å². The molecule has 1 aromatic rings. The van der Waals surface area contributed by atoms with E-state index < -0.39 is 0 Å². The smallest absolute Gasteiger partial charge is 0.111 e. The Bertz CT molecular complexity index is 286. The SMILES string of the molecule is CC(C#N)Nc1ccc(I)cc1. The molecule has 0 aliphatic heterocycles. The molecule has 0 saturated carbocycles. The van der Waals surface area contributed by atoms with Crippen LogP contribution in [0.1, 0.15) is 6.92 Å². The highest BCUT2D eigenvalue weighted by molar-refractivity contribution is 14.1. The molecular formula is C9H9IN2. The molecule has 2 nitrogen and oxygen atoms in total. The zero-order valence-electron chi connectivity index (χ0n) is 6.71. The summed E-state index contributed by atoms with van der Waals surface area (Å²) < 4.78 is 1.20. The molecule has 3 heteroatoms. The van der Waals surface area contributed by atoms with Gasteiger partial charge in [-0.2, -0.15) is 5.26 Å². The standard InChI is InChI=1S/C9H9IN2/c1-7(6-11)12-9-4-2-8(10)3-5-9/h2-5,7,12H,1H3. The van der Waals surface area contributed by atoms with Crippen LogP contribution in [0.2, 0.25) is 0 Å². The van der Waals surface area contributed by atoms with Gasteiger partial charge in [-0.3, -0.25) is 0 Å². The van der Waals surface area contributed by atoms with Crippen molar-refractivity contribution in [3.05, 3.63) is 27.8 Å². The van der Waals surface area contributed by atoms with Crippen LogP contribution in [0, 0.1) is 14.9 Å². The van der Waals surface area contributed by atoms with Gasteiger partial charge in [0, 0.05) is 9.26 Å². The maximum atomic E-state index is 8.54. The Labute approximate surface area is 85.7 Å². The number of hydrogen-bond donors (Lipinski definition) is 1. The van der Waals surface area contributed by atoms with Gasteiger partial charge in [0.25, 0.3) is 0 Å². The van der Waals surface area contributed by atoms with Crippen LogP contribution in [0.15, 0.2) is 24.3 Å². The van der Waals surface area contributed by atoms with E-state index in [1.165, 1.54) is 3.57 Å². The van der Waals surface area contributed by atoms with E-state index in [9.17, 15) is 0 Å². The second kappa shape index (κ2) is 4.31. The summed E-state index contributed by atoms with van der Waals surface area (Å²) in [7, 11) is 0. The van der Waals surface area contributed by atoms with Crippen molar-refractivity contribution in [1.29, 1.82) is 5.26 Å². The molecule has 1 N–H and O–H groups in total. The average Bonchev–Trinajstić information content (AvgIpc) is 2.09. The third kappa shape index (κ3) is 2.70. The fraction of sp³-hybridized carbons (Fsp3) is 0.222. The van der Waals surface area contributed by atoms with Crippen molar-refractivity contribution < 1.29 is 0 Å². The highest BCUT2D eigenvalue weighted by Crippen LogP contribution is 2.11. The molecule has 0 saturated heterocycles. The summed E-state index contributed by atoms with van der Waals surface area (Å²) in [5.41, 5.74) is 0.990. The number of nitrogens with one attached hydrogen (secondary N) is 1. The molecule has 0 aliphatic carbocycles. The van der Waals surface area contributed by atoms with Crippen LogP contribution in [-0.2, 0) is 0 Å². The Morgan fingerprint density at radius 3 is 2.50 bits per heavy atom. The average molecular weight is 272 g/mol. The van der Waals surface area contributed by atoms with Crippen LogP contribution in [0.5, 0.6) is 0 Å². The Balaban J connectivity index is 2.66. The summed E-state index contributed by atoms with van der Waals surface area (Å²) in [4.78, 5) is 0. The first-order valence-corrected chi connectivity index (χ1v) is 4.72. The third-order valence-electron chi connectivity index (χ3n) is 1.42. The molecule has 62 valence electrons. The molecule has 0 aromatic heterocycles. The van der Waals surface area contributed by atoms with Crippen molar-refractivity contribution in [2.45, 2.75) is 13.0 Å². The monoisotopic (exact) mass is 272 g/mol. The van der Waals surface area contributed by atoms with Gasteiger partial charge < -0.3 is 5.32 Å². The Kier molecular flexibility index (Phi) is 3.35. The minimum absolute atomic E-state index is 0.134. The lowest BCUT2D eigenvalue weighted by Gasteiger charge is -2.06. The summed E-state index contributed by atoms with van der Waals surface area (Å²) in [6, 6.07) is 9.93. The number of benzene rings is 1. The van der Waals surface area contributed by atoms with Crippen molar-refractivity contribution >= 4 is 28.3 Å². The number of halogens is 1. The summed E-state index contributed by atoms with van der Waals surface area (Å²) in [6.45, 7) is 1.83. The molecule has 1 atom stereocenters. The third-order valence-corrected chi connectivity index (χ3v) is 2.14. The molecule has 0 bridgehead atoms. The molecular weight excluding hydrogens is 263 g/mol. The normalized spacial score (nSPS) is 11.8. The van der Waals surface area contributed by atoms with Gasteiger partial charge in [0.2, 0.25) is 0 Å². The molecule has 0 radical (unpaired) electrons. The summed E-state index contributed by atoms with van der Waals surface area (Å²) >= 11 is 2.25. The highest BCUT2D eigenvalue weighted by atomic mass is 127. The van der Waals surface area contributed by atoms with Crippen LogP contribution in [0.3, 0.4) is 0 Å². The highest BCUT2D eigenvalue weighted by Gasteiger charge is 1.97. The van der Waals surface area contributed by atoms with Crippen LogP contribution in [0.25, 0.3) is 0 Å². The molecule has 1 unspecified atom stereocenters. The molecule has 12 heavy (non-hydrogen) atoms. The minimum atomic E-state index is -0.134. The maximum Gasteiger partial charge on any atom is 0.111 e. The number of rotatable bonds is 2. The van der Waals surface area contributed by atoms with E-state index in [1.807, 2.05) is 31.2 Å². The van der Waals surface area contributed by atoms with Gasteiger partial charge in [0.1, 0.15) is 6.04 Å². The van der Waals surface area contributed by atoms with Crippen molar-refractivity contribution in [3.63, 3.8) is 0 Å². The van der Waals surface area contributed by atoms with Crippen LogP contribution in [-0.4, -0.2) is 6.04 Å². The number of nitriles is 1. The molecule has 0 fully saturated rings. The molecule has 0 spiro atoms. The van der Waals surface area contributed by atoms with Gasteiger partial charge in [0.05, 0.1) is 6.07 Å². The van der Waals surface area contributed by atoms with E-state index in [2.05, 4.69) is 34.0 Å². The van der Waals surface area contributed by atoms with Gasteiger partial charge in [0.15, 0.2) is 0 Å². The predicted octanol–water partition coefficient (Wildman–Crippen LogP) is 2.62.